The summed E-state index contributed by atoms with van der Waals surface area (Å²) in [6.45, 7) is 4.08. The van der Waals surface area contributed by atoms with Crippen LogP contribution in [0.15, 0.2) is 29.3 Å². The molecule has 5 nitrogen and oxygen atoms in total. The summed E-state index contributed by atoms with van der Waals surface area (Å²) in [5, 5.41) is 9.43. The molecule has 19 heavy (non-hydrogen) atoms. The van der Waals surface area contributed by atoms with Gasteiger partial charge in [-0.05, 0) is 24.1 Å². The van der Waals surface area contributed by atoms with Crippen LogP contribution in [0.1, 0.15) is 18.9 Å². The van der Waals surface area contributed by atoms with Crippen LogP contribution in [-0.2, 0) is 10.3 Å². The maximum atomic E-state index is 9.43. The normalized spacial score (nSPS) is 22.6. The number of rotatable bonds is 5. The van der Waals surface area contributed by atoms with Gasteiger partial charge in [0, 0.05) is 13.7 Å². The number of ether oxygens (including phenoxy) is 1. The minimum atomic E-state index is -0.226. The van der Waals surface area contributed by atoms with Gasteiger partial charge in [-0.1, -0.05) is 19.1 Å². The maximum Gasteiger partial charge on any atom is 0.192 e. The molecule has 2 rings (SSSR count). The minimum absolute atomic E-state index is 0.226. The zero-order valence-corrected chi connectivity index (χ0v) is 11.5. The van der Waals surface area contributed by atoms with E-state index in [2.05, 4.69) is 16.8 Å². The van der Waals surface area contributed by atoms with Gasteiger partial charge < -0.3 is 20.5 Å². The van der Waals surface area contributed by atoms with E-state index in [1.54, 1.807) is 19.2 Å². The first-order chi connectivity index (χ1) is 9.14. The fourth-order valence-electron chi connectivity index (χ4n) is 2.64. The molecule has 104 valence electrons. The van der Waals surface area contributed by atoms with Crippen LogP contribution in [0.5, 0.6) is 5.75 Å². The van der Waals surface area contributed by atoms with Crippen LogP contribution < -0.4 is 5.73 Å². The SMILES string of the molecule is CCC1(c2ccc(O)cc2)CN=C(N)N1CCOC. The molecule has 0 fully saturated rings. The monoisotopic (exact) mass is 263 g/mol. The van der Waals surface area contributed by atoms with Crippen LogP contribution in [0, 0.1) is 0 Å². The molecule has 1 atom stereocenters. The summed E-state index contributed by atoms with van der Waals surface area (Å²) < 4.78 is 5.15. The lowest BCUT2D eigenvalue weighted by atomic mass is 9.86. The van der Waals surface area contributed by atoms with E-state index >= 15 is 0 Å². The topological polar surface area (TPSA) is 71.1 Å². The third-order valence-electron chi connectivity index (χ3n) is 3.80. The van der Waals surface area contributed by atoms with Crippen molar-refractivity contribution in [2.24, 2.45) is 10.7 Å². The summed E-state index contributed by atoms with van der Waals surface area (Å²) in [7, 11) is 1.68. The van der Waals surface area contributed by atoms with E-state index in [1.807, 2.05) is 12.1 Å². The molecule has 0 aromatic heterocycles. The first kappa shape index (κ1) is 13.7. The molecular formula is C14H21N3O2. The molecule has 1 unspecified atom stereocenters. The van der Waals surface area contributed by atoms with E-state index in [-0.39, 0.29) is 11.3 Å². The molecule has 0 aliphatic carbocycles. The fourth-order valence-corrected chi connectivity index (χ4v) is 2.64. The van der Waals surface area contributed by atoms with E-state index < -0.39 is 0 Å². The molecule has 5 heteroatoms. The summed E-state index contributed by atoms with van der Waals surface area (Å²) in [5.74, 6) is 0.831. The summed E-state index contributed by atoms with van der Waals surface area (Å²) in [5.41, 5.74) is 6.90. The smallest absolute Gasteiger partial charge is 0.192 e. The largest absolute Gasteiger partial charge is 0.508 e. The van der Waals surface area contributed by atoms with Crippen molar-refractivity contribution >= 4 is 5.96 Å². The number of phenolic OH excluding ortho intramolecular Hbond substituents is 1. The van der Waals surface area contributed by atoms with Crippen molar-refractivity contribution in [3.8, 4) is 5.75 Å². The Hall–Kier alpha value is -1.75. The van der Waals surface area contributed by atoms with Crippen molar-refractivity contribution in [1.82, 2.24) is 4.90 Å². The molecule has 1 aromatic rings. The molecular weight excluding hydrogens is 242 g/mol. The molecule has 3 N–H and O–H groups in total. The Labute approximate surface area is 113 Å². The van der Waals surface area contributed by atoms with Gasteiger partial charge in [-0.25, -0.2) is 0 Å². The molecule has 1 heterocycles. The van der Waals surface area contributed by atoms with Crippen molar-refractivity contribution in [1.29, 1.82) is 0 Å². The second kappa shape index (κ2) is 5.48. The van der Waals surface area contributed by atoms with E-state index in [4.69, 9.17) is 10.5 Å². The van der Waals surface area contributed by atoms with Crippen molar-refractivity contribution in [2.45, 2.75) is 18.9 Å². The number of nitrogens with zero attached hydrogens (tertiary/aromatic N) is 2. The second-order valence-corrected chi connectivity index (χ2v) is 4.75. The van der Waals surface area contributed by atoms with Gasteiger partial charge in [0.15, 0.2) is 5.96 Å². The average molecular weight is 263 g/mol. The van der Waals surface area contributed by atoms with Crippen molar-refractivity contribution in [2.75, 3.05) is 26.8 Å². The Kier molecular flexibility index (Phi) is 3.95. The predicted molar refractivity (Wildman–Crippen MR) is 75.1 cm³/mol. The average Bonchev–Trinajstić information content (AvgIpc) is 2.75. The van der Waals surface area contributed by atoms with Crippen LogP contribution in [0.4, 0.5) is 0 Å². The van der Waals surface area contributed by atoms with E-state index in [1.165, 1.54) is 0 Å². The van der Waals surface area contributed by atoms with Gasteiger partial charge in [-0.15, -0.1) is 0 Å². The first-order valence-corrected chi connectivity index (χ1v) is 6.50. The third-order valence-corrected chi connectivity index (χ3v) is 3.80. The Morgan fingerprint density at radius 1 is 1.42 bits per heavy atom. The Morgan fingerprint density at radius 2 is 2.11 bits per heavy atom. The van der Waals surface area contributed by atoms with E-state index in [0.29, 0.717) is 25.7 Å². The number of hydrogen-bond donors (Lipinski definition) is 2. The van der Waals surface area contributed by atoms with Gasteiger partial charge in [0.25, 0.3) is 0 Å². The number of aromatic hydroxyl groups is 1. The number of benzene rings is 1. The minimum Gasteiger partial charge on any atom is -0.508 e. The van der Waals surface area contributed by atoms with Gasteiger partial charge >= 0.3 is 0 Å². The van der Waals surface area contributed by atoms with Gasteiger partial charge in [0.05, 0.1) is 18.7 Å². The predicted octanol–water partition coefficient (Wildman–Crippen LogP) is 1.27. The number of guanidine groups is 1. The lowest BCUT2D eigenvalue weighted by Gasteiger charge is -2.39. The second-order valence-electron chi connectivity index (χ2n) is 4.75. The van der Waals surface area contributed by atoms with Gasteiger partial charge in [-0.2, -0.15) is 0 Å². The van der Waals surface area contributed by atoms with Gasteiger partial charge in [0.2, 0.25) is 0 Å². The zero-order chi connectivity index (χ0) is 13.9. The summed E-state index contributed by atoms with van der Waals surface area (Å²) >= 11 is 0. The molecule has 1 aliphatic heterocycles. The number of methoxy groups -OCH3 is 1. The van der Waals surface area contributed by atoms with Crippen molar-refractivity contribution < 1.29 is 9.84 Å². The van der Waals surface area contributed by atoms with Gasteiger partial charge in [0.1, 0.15) is 5.75 Å². The van der Waals surface area contributed by atoms with Crippen molar-refractivity contribution in [3.05, 3.63) is 29.8 Å². The molecule has 1 aromatic carbocycles. The highest BCUT2D eigenvalue weighted by atomic mass is 16.5. The molecule has 0 spiro atoms. The third kappa shape index (κ3) is 2.38. The molecule has 0 amide bonds. The molecule has 0 radical (unpaired) electrons. The maximum absolute atomic E-state index is 9.43. The molecule has 0 bridgehead atoms. The van der Waals surface area contributed by atoms with Gasteiger partial charge in [-0.3, -0.25) is 4.99 Å². The van der Waals surface area contributed by atoms with E-state index in [9.17, 15) is 5.11 Å². The Balaban J connectivity index is 2.33. The Morgan fingerprint density at radius 3 is 2.68 bits per heavy atom. The number of phenols is 1. The summed E-state index contributed by atoms with van der Waals surface area (Å²) in [4.78, 5) is 6.50. The number of aliphatic imine (C=N–C) groups is 1. The van der Waals surface area contributed by atoms with Crippen LogP contribution >= 0.6 is 0 Å². The van der Waals surface area contributed by atoms with Crippen LogP contribution in [0.3, 0.4) is 0 Å². The summed E-state index contributed by atoms with van der Waals surface area (Å²) in [6.07, 6.45) is 0.895. The van der Waals surface area contributed by atoms with Crippen molar-refractivity contribution in [3.63, 3.8) is 0 Å². The lowest BCUT2D eigenvalue weighted by molar-refractivity contribution is 0.125. The highest BCUT2D eigenvalue weighted by molar-refractivity contribution is 5.81. The van der Waals surface area contributed by atoms with Crippen LogP contribution in [0.2, 0.25) is 0 Å². The highest BCUT2D eigenvalue weighted by Gasteiger charge is 2.41. The standard InChI is InChI=1S/C14H21N3O2/c1-3-14(11-4-6-12(18)7-5-11)10-16-13(15)17(14)8-9-19-2/h4-7,18H,3,8-10H2,1-2H3,(H2,15,16). The lowest BCUT2D eigenvalue weighted by Crippen LogP contribution is -2.50. The number of hydrogen-bond acceptors (Lipinski definition) is 5. The quantitative estimate of drug-likeness (QED) is 0.839. The zero-order valence-electron chi connectivity index (χ0n) is 11.5. The molecule has 1 aliphatic rings. The van der Waals surface area contributed by atoms with Crippen LogP contribution in [0.25, 0.3) is 0 Å². The summed E-state index contributed by atoms with van der Waals surface area (Å²) in [6, 6.07) is 7.28. The molecule has 0 saturated heterocycles. The first-order valence-electron chi connectivity index (χ1n) is 6.50. The van der Waals surface area contributed by atoms with E-state index in [0.717, 1.165) is 12.0 Å². The number of nitrogens with two attached hydrogens (primary N) is 1. The molecule has 0 saturated carbocycles. The van der Waals surface area contributed by atoms with Crippen LogP contribution in [-0.4, -0.2) is 42.8 Å². The highest BCUT2D eigenvalue weighted by Crippen LogP contribution is 2.36. The Bertz CT molecular complexity index is 458. The fraction of sp³-hybridized carbons (Fsp3) is 0.500.